The Labute approximate surface area is 488 Å². The van der Waals surface area contributed by atoms with Gasteiger partial charge in [0.25, 0.3) is 0 Å². The minimum atomic E-state index is -0.786. The van der Waals surface area contributed by atoms with Crippen molar-refractivity contribution in [1.82, 2.24) is 0 Å². The Balaban J connectivity index is 4.23. The summed E-state index contributed by atoms with van der Waals surface area (Å²) in [4.78, 5) is 38.2. The van der Waals surface area contributed by atoms with Crippen LogP contribution in [0.4, 0.5) is 0 Å². The van der Waals surface area contributed by atoms with Crippen LogP contribution in [0.15, 0.2) is 122 Å². The highest BCUT2D eigenvalue weighted by molar-refractivity contribution is 5.71. The lowest BCUT2D eigenvalue weighted by Crippen LogP contribution is -2.30. The highest BCUT2D eigenvalue weighted by Crippen LogP contribution is 2.16. The van der Waals surface area contributed by atoms with Gasteiger partial charge in [-0.05, 0) is 116 Å². The first kappa shape index (κ1) is 74.8. The van der Waals surface area contributed by atoms with Crippen LogP contribution in [0.3, 0.4) is 0 Å². The van der Waals surface area contributed by atoms with Gasteiger partial charge < -0.3 is 14.2 Å². The van der Waals surface area contributed by atoms with E-state index >= 15 is 0 Å². The van der Waals surface area contributed by atoms with Crippen LogP contribution < -0.4 is 0 Å². The van der Waals surface area contributed by atoms with Crippen LogP contribution in [0, 0.1) is 0 Å². The molecule has 0 aromatic rings. The molecule has 0 N–H and O–H groups in total. The van der Waals surface area contributed by atoms with E-state index in [1.54, 1.807) is 0 Å². The zero-order valence-electron chi connectivity index (χ0n) is 51.6. The van der Waals surface area contributed by atoms with E-state index in [0.717, 1.165) is 128 Å². The minimum Gasteiger partial charge on any atom is -0.462 e. The van der Waals surface area contributed by atoms with Crippen LogP contribution in [0.1, 0.15) is 303 Å². The lowest BCUT2D eigenvalue weighted by molar-refractivity contribution is -0.167. The lowest BCUT2D eigenvalue weighted by Gasteiger charge is -2.18. The molecule has 450 valence electrons. The van der Waals surface area contributed by atoms with Crippen molar-refractivity contribution in [2.45, 2.75) is 309 Å². The average molecular weight is 1100 g/mol. The summed E-state index contributed by atoms with van der Waals surface area (Å²) in [7, 11) is 0. The molecule has 0 aliphatic rings. The summed E-state index contributed by atoms with van der Waals surface area (Å²) < 4.78 is 16.9. The molecule has 0 heterocycles. The van der Waals surface area contributed by atoms with Crippen LogP contribution in [0.2, 0.25) is 0 Å². The maximum Gasteiger partial charge on any atom is 0.306 e. The standard InChI is InChI=1S/C73H122O6/c1-4-7-10-13-16-19-22-25-27-28-29-30-31-32-33-34-35-36-37-38-39-40-41-42-43-44-45-46-47-49-51-54-57-60-63-66-72(75)78-69-70(68-77-71(74)65-62-59-56-53-50-24-21-18-15-12-9-6-3)79-73(76)67-64-61-58-55-52-48-26-23-20-17-14-11-8-5-2/h7,10,16,18-19,21,25,27,29-30,32-33,35-36,38-39,41-42,44-45,70H,4-6,8-9,11-15,17,20,22-24,26,28,31,34,37,40,43,46-69H2,1-3H3/b10-7-,19-16-,21-18-,27-25-,30-29-,33-32-,36-35-,39-38-,42-41-,45-44-. The number of hydrogen-bond acceptors (Lipinski definition) is 6. The van der Waals surface area contributed by atoms with Crippen molar-refractivity contribution >= 4 is 17.9 Å². The van der Waals surface area contributed by atoms with Gasteiger partial charge in [-0.2, -0.15) is 0 Å². The number of carbonyl (C=O) groups excluding carboxylic acids is 3. The van der Waals surface area contributed by atoms with E-state index in [1.165, 1.54) is 135 Å². The van der Waals surface area contributed by atoms with Crippen molar-refractivity contribution in [3.63, 3.8) is 0 Å². The summed E-state index contributed by atoms with van der Waals surface area (Å²) in [6.45, 7) is 6.50. The number of allylic oxidation sites excluding steroid dienone is 20. The summed E-state index contributed by atoms with van der Waals surface area (Å²) in [5, 5.41) is 0. The maximum absolute atomic E-state index is 12.9. The van der Waals surface area contributed by atoms with Gasteiger partial charge in [-0.3, -0.25) is 14.4 Å². The summed E-state index contributed by atoms with van der Waals surface area (Å²) in [6, 6.07) is 0. The SMILES string of the molecule is CC/C=C\C/C=C\C/C=C\C/C=C\C/C=C\C/C=C\C/C=C\C/C=C\C/C=C\CCCCCCCCCC(=O)OCC(COC(=O)CCCCCCC/C=C\CCCCC)OC(=O)CCCCCCCCCCCCCCCC. The third-order valence-electron chi connectivity index (χ3n) is 14.0. The zero-order valence-corrected chi connectivity index (χ0v) is 51.6. The second-order valence-corrected chi connectivity index (χ2v) is 21.6. The lowest BCUT2D eigenvalue weighted by atomic mass is 10.0. The first-order valence-electron chi connectivity index (χ1n) is 33.0. The van der Waals surface area contributed by atoms with Crippen LogP contribution in [0.25, 0.3) is 0 Å². The second kappa shape index (κ2) is 66.3. The highest BCUT2D eigenvalue weighted by atomic mass is 16.6. The van der Waals surface area contributed by atoms with Crippen molar-refractivity contribution in [2.24, 2.45) is 0 Å². The molecule has 0 aliphatic heterocycles. The Morgan fingerprint density at radius 2 is 0.494 bits per heavy atom. The van der Waals surface area contributed by atoms with Gasteiger partial charge in [0.05, 0.1) is 0 Å². The Bertz CT molecular complexity index is 1640. The number of unbranched alkanes of at least 4 members (excludes halogenated alkanes) is 28. The molecule has 0 amide bonds. The molecule has 0 aromatic carbocycles. The highest BCUT2D eigenvalue weighted by Gasteiger charge is 2.19. The topological polar surface area (TPSA) is 78.9 Å². The van der Waals surface area contributed by atoms with Crippen molar-refractivity contribution in [2.75, 3.05) is 13.2 Å². The number of hydrogen-bond donors (Lipinski definition) is 0. The van der Waals surface area contributed by atoms with Gasteiger partial charge in [-0.15, -0.1) is 0 Å². The fourth-order valence-corrected chi connectivity index (χ4v) is 9.02. The molecule has 0 saturated carbocycles. The summed E-state index contributed by atoms with van der Waals surface area (Å²) in [5.41, 5.74) is 0. The van der Waals surface area contributed by atoms with Crippen molar-refractivity contribution in [1.29, 1.82) is 0 Å². The molecule has 6 nitrogen and oxygen atoms in total. The van der Waals surface area contributed by atoms with Gasteiger partial charge in [-0.1, -0.05) is 290 Å². The molecule has 79 heavy (non-hydrogen) atoms. The average Bonchev–Trinajstić information content (AvgIpc) is 3.45. The zero-order chi connectivity index (χ0) is 57.1. The number of rotatable bonds is 59. The van der Waals surface area contributed by atoms with E-state index in [1.807, 2.05) is 0 Å². The Hall–Kier alpha value is -4.19. The van der Waals surface area contributed by atoms with Crippen molar-refractivity contribution in [3.8, 4) is 0 Å². The number of esters is 3. The molecular formula is C73H122O6. The van der Waals surface area contributed by atoms with Gasteiger partial charge in [0.2, 0.25) is 0 Å². The molecule has 1 atom stereocenters. The molecule has 6 heteroatoms. The third kappa shape index (κ3) is 64.5. The van der Waals surface area contributed by atoms with Gasteiger partial charge >= 0.3 is 17.9 Å². The Kier molecular flexibility index (Phi) is 62.8. The molecule has 0 radical (unpaired) electrons. The van der Waals surface area contributed by atoms with Crippen molar-refractivity contribution < 1.29 is 28.6 Å². The summed E-state index contributed by atoms with van der Waals surface area (Å²) >= 11 is 0. The summed E-state index contributed by atoms with van der Waals surface area (Å²) in [5.74, 6) is -0.897. The largest absolute Gasteiger partial charge is 0.462 e. The quantitative estimate of drug-likeness (QED) is 0.0261. The number of carbonyl (C=O) groups is 3. The monoisotopic (exact) mass is 1090 g/mol. The van der Waals surface area contributed by atoms with Crippen LogP contribution in [0.5, 0.6) is 0 Å². The number of ether oxygens (including phenoxy) is 3. The van der Waals surface area contributed by atoms with Gasteiger partial charge in [-0.25, -0.2) is 0 Å². The van der Waals surface area contributed by atoms with E-state index in [2.05, 4.69) is 142 Å². The van der Waals surface area contributed by atoms with E-state index in [0.29, 0.717) is 19.3 Å². The van der Waals surface area contributed by atoms with Crippen LogP contribution >= 0.6 is 0 Å². The molecule has 0 aromatic heterocycles. The molecule has 0 bridgehead atoms. The molecule has 0 aliphatic carbocycles. The maximum atomic E-state index is 12.9. The normalized spacial score (nSPS) is 12.9. The van der Waals surface area contributed by atoms with Gasteiger partial charge in [0.1, 0.15) is 13.2 Å². The van der Waals surface area contributed by atoms with E-state index in [-0.39, 0.29) is 31.1 Å². The Morgan fingerprint density at radius 3 is 0.810 bits per heavy atom. The van der Waals surface area contributed by atoms with Gasteiger partial charge in [0.15, 0.2) is 6.10 Å². The van der Waals surface area contributed by atoms with E-state index in [9.17, 15) is 14.4 Å². The van der Waals surface area contributed by atoms with Crippen LogP contribution in [-0.4, -0.2) is 37.2 Å². The fourth-order valence-electron chi connectivity index (χ4n) is 9.02. The molecular weight excluding hydrogens is 973 g/mol. The molecule has 0 saturated heterocycles. The minimum absolute atomic E-state index is 0.0842. The third-order valence-corrected chi connectivity index (χ3v) is 14.0. The molecule has 0 spiro atoms. The Morgan fingerprint density at radius 1 is 0.266 bits per heavy atom. The smallest absolute Gasteiger partial charge is 0.306 e. The predicted molar refractivity (Wildman–Crippen MR) is 343 cm³/mol. The van der Waals surface area contributed by atoms with E-state index in [4.69, 9.17) is 14.2 Å². The predicted octanol–water partition coefficient (Wildman–Crippen LogP) is 22.8. The first-order chi connectivity index (χ1) is 39.0. The molecule has 1 unspecified atom stereocenters. The van der Waals surface area contributed by atoms with Gasteiger partial charge in [0, 0.05) is 19.3 Å². The fraction of sp³-hybridized carbons (Fsp3) is 0.685. The van der Waals surface area contributed by atoms with E-state index < -0.39 is 6.10 Å². The van der Waals surface area contributed by atoms with Crippen LogP contribution in [-0.2, 0) is 28.6 Å². The first-order valence-corrected chi connectivity index (χ1v) is 33.0. The van der Waals surface area contributed by atoms with Crippen molar-refractivity contribution in [3.05, 3.63) is 122 Å². The summed E-state index contributed by atoms with van der Waals surface area (Å²) in [6.07, 6.45) is 92.1. The second-order valence-electron chi connectivity index (χ2n) is 21.6. The molecule has 0 rings (SSSR count). The molecule has 0 fully saturated rings.